The smallest absolute Gasteiger partial charge is 0.0608 e. The number of nitrogens with zero attached hydrogens (tertiary/aromatic N) is 1. The van der Waals surface area contributed by atoms with Crippen molar-refractivity contribution in [1.29, 1.82) is 0 Å². The third-order valence-electron chi connectivity index (χ3n) is 3.70. The summed E-state index contributed by atoms with van der Waals surface area (Å²) in [5, 5.41) is 0. The maximum atomic E-state index is 5.82. The van der Waals surface area contributed by atoms with Gasteiger partial charge in [-0.3, -0.25) is 0 Å². The molecule has 1 atom stereocenters. The molecule has 1 saturated heterocycles. The van der Waals surface area contributed by atoms with E-state index in [4.69, 9.17) is 10.5 Å². The van der Waals surface area contributed by atoms with E-state index in [9.17, 15) is 0 Å². The Morgan fingerprint density at radius 1 is 1.26 bits per heavy atom. The van der Waals surface area contributed by atoms with Gasteiger partial charge in [0.15, 0.2) is 0 Å². The molecule has 106 valence electrons. The van der Waals surface area contributed by atoms with Gasteiger partial charge in [-0.15, -0.1) is 0 Å². The number of hydrogen-bond donors (Lipinski definition) is 1. The molecule has 2 N–H and O–H groups in total. The molecule has 1 aromatic rings. The highest BCUT2D eigenvalue weighted by Crippen LogP contribution is 2.22. The van der Waals surface area contributed by atoms with Gasteiger partial charge < -0.3 is 15.4 Å². The van der Waals surface area contributed by atoms with Crippen LogP contribution in [-0.2, 0) is 11.2 Å². The van der Waals surface area contributed by atoms with Crippen molar-refractivity contribution in [1.82, 2.24) is 0 Å². The zero-order chi connectivity index (χ0) is 13.7. The number of ether oxygens (including phenoxy) is 1. The summed E-state index contributed by atoms with van der Waals surface area (Å²) >= 11 is 0. The molecule has 1 fully saturated rings. The monoisotopic (exact) mass is 262 g/mol. The Balaban J connectivity index is 1.89. The molecule has 2 rings (SSSR count). The van der Waals surface area contributed by atoms with Crippen molar-refractivity contribution in [3.05, 3.63) is 29.8 Å². The minimum Gasteiger partial charge on any atom is -0.378 e. The summed E-state index contributed by atoms with van der Waals surface area (Å²) in [6.07, 6.45) is 3.68. The van der Waals surface area contributed by atoms with Crippen LogP contribution in [0.1, 0.15) is 32.3 Å². The predicted molar refractivity (Wildman–Crippen MR) is 80.7 cm³/mol. The first-order valence-corrected chi connectivity index (χ1v) is 7.40. The fraction of sp³-hybridized carbons (Fsp3) is 0.625. The molecule has 1 aliphatic heterocycles. The third-order valence-corrected chi connectivity index (χ3v) is 3.70. The zero-order valence-corrected chi connectivity index (χ0v) is 12.1. The van der Waals surface area contributed by atoms with E-state index in [1.807, 2.05) is 6.92 Å². The Bertz CT molecular complexity index is 367. The van der Waals surface area contributed by atoms with Crippen LogP contribution in [0.2, 0.25) is 0 Å². The fourth-order valence-electron chi connectivity index (χ4n) is 2.73. The van der Waals surface area contributed by atoms with E-state index in [1.54, 1.807) is 0 Å². The van der Waals surface area contributed by atoms with E-state index in [0.717, 1.165) is 39.0 Å². The summed E-state index contributed by atoms with van der Waals surface area (Å²) in [4.78, 5) is 2.45. The summed E-state index contributed by atoms with van der Waals surface area (Å²) < 4.78 is 5.69. The highest BCUT2D eigenvalue weighted by Gasteiger charge is 2.19. The van der Waals surface area contributed by atoms with Gasteiger partial charge in [0.05, 0.1) is 6.10 Å². The van der Waals surface area contributed by atoms with Gasteiger partial charge >= 0.3 is 0 Å². The van der Waals surface area contributed by atoms with Gasteiger partial charge in [-0.1, -0.05) is 12.1 Å². The molecule has 0 bridgehead atoms. The number of piperidine rings is 1. The first-order valence-electron chi connectivity index (χ1n) is 7.40. The second-order valence-corrected chi connectivity index (χ2v) is 5.49. The van der Waals surface area contributed by atoms with Crippen LogP contribution in [0.4, 0.5) is 5.69 Å². The minimum atomic E-state index is 0.229. The van der Waals surface area contributed by atoms with Crippen molar-refractivity contribution in [2.24, 2.45) is 5.73 Å². The van der Waals surface area contributed by atoms with Gasteiger partial charge in [0.25, 0.3) is 0 Å². The van der Waals surface area contributed by atoms with Crippen molar-refractivity contribution in [3.8, 4) is 0 Å². The first kappa shape index (κ1) is 14.4. The largest absolute Gasteiger partial charge is 0.378 e. The number of anilines is 1. The Morgan fingerprint density at radius 2 is 1.89 bits per heavy atom. The number of benzene rings is 1. The Hall–Kier alpha value is -1.06. The Kier molecular flexibility index (Phi) is 5.23. The van der Waals surface area contributed by atoms with Crippen LogP contribution in [0.5, 0.6) is 0 Å². The van der Waals surface area contributed by atoms with E-state index < -0.39 is 0 Å². The van der Waals surface area contributed by atoms with Crippen LogP contribution in [0.15, 0.2) is 24.3 Å². The van der Waals surface area contributed by atoms with E-state index >= 15 is 0 Å². The van der Waals surface area contributed by atoms with Crippen LogP contribution in [-0.4, -0.2) is 31.8 Å². The number of nitrogens with two attached hydrogens (primary N) is 1. The maximum absolute atomic E-state index is 5.82. The van der Waals surface area contributed by atoms with E-state index in [2.05, 4.69) is 36.1 Å². The molecule has 19 heavy (non-hydrogen) atoms. The van der Waals surface area contributed by atoms with Crippen molar-refractivity contribution in [2.45, 2.75) is 45.3 Å². The lowest BCUT2D eigenvalue weighted by Gasteiger charge is -2.33. The van der Waals surface area contributed by atoms with E-state index in [1.165, 1.54) is 11.3 Å². The van der Waals surface area contributed by atoms with Crippen LogP contribution in [0.25, 0.3) is 0 Å². The molecule has 0 radical (unpaired) electrons. The molecule has 0 aliphatic carbocycles. The van der Waals surface area contributed by atoms with Gasteiger partial charge in [0, 0.05) is 31.4 Å². The number of hydrogen-bond acceptors (Lipinski definition) is 3. The van der Waals surface area contributed by atoms with Crippen LogP contribution in [0.3, 0.4) is 0 Å². The first-order chi connectivity index (χ1) is 9.19. The molecule has 0 amide bonds. The van der Waals surface area contributed by atoms with Crippen LogP contribution >= 0.6 is 0 Å². The zero-order valence-electron chi connectivity index (χ0n) is 12.1. The lowest BCUT2D eigenvalue weighted by molar-refractivity contribution is 0.0459. The standard InChI is InChI=1S/C16H26N2O/c1-3-19-16-8-10-18(11-9-16)15-6-4-14(5-7-15)12-13(2)17/h4-7,13,16H,3,8-12,17H2,1-2H3. The third kappa shape index (κ3) is 4.22. The van der Waals surface area contributed by atoms with E-state index in [-0.39, 0.29) is 6.04 Å². The van der Waals surface area contributed by atoms with Gasteiger partial charge in [0.2, 0.25) is 0 Å². The van der Waals surface area contributed by atoms with Gasteiger partial charge in [0.1, 0.15) is 0 Å². The second kappa shape index (κ2) is 6.92. The highest BCUT2D eigenvalue weighted by molar-refractivity contribution is 5.48. The minimum absolute atomic E-state index is 0.229. The predicted octanol–water partition coefficient (Wildman–Crippen LogP) is 2.58. The van der Waals surface area contributed by atoms with Gasteiger partial charge in [-0.25, -0.2) is 0 Å². The van der Waals surface area contributed by atoms with Crippen molar-refractivity contribution >= 4 is 5.69 Å². The fourth-order valence-corrected chi connectivity index (χ4v) is 2.73. The number of rotatable bonds is 5. The maximum Gasteiger partial charge on any atom is 0.0608 e. The Morgan fingerprint density at radius 3 is 2.42 bits per heavy atom. The molecule has 0 spiro atoms. The summed E-state index contributed by atoms with van der Waals surface area (Å²) in [7, 11) is 0. The average Bonchev–Trinajstić information content (AvgIpc) is 2.40. The van der Waals surface area contributed by atoms with Crippen molar-refractivity contribution in [3.63, 3.8) is 0 Å². The molecule has 0 aromatic heterocycles. The van der Waals surface area contributed by atoms with E-state index in [0.29, 0.717) is 6.10 Å². The Labute approximate surface area is 116 Å². The molecule has 1 heterocycles. The van der Waals surface area contributed by atoms with Crippen molar-refractivity contribution < 1.29 is 4.74 Å². The van der Waals surface area contributed by atoms with Gasteiger partial charge in [-0.2, -0.15) is 0 Å². The van der Waals surface area contributed by atoms with Crippen LogP contribution < -0.4 is 10.6 Å². The molecule has 3 heteroatoms. The lowest BCUT2D eigenvalue weighted by Crippen LogP contribution is -2.37. The molecule has 1 aromatic carbocycles. The van der Waals surface area contributed by atoms with Crippen molar-refractivity contribution in [2.75, 3.05) is 24.6 Å². The quantitative estimate of drug-likeness (QED) is 0.886. The lowest BCUT2D eigenvalue weighted by atomic mass is 10.0. The average molecular weight is 262 g/mol. The summed E-state index contributed by atoms with van der Waals surface area (Å²) in [5.74, 6) is 0. The molecular weight excluding hydrogens is 236 g/mol. The van der Waals surface area contributed by atoms with Gasteiger partial charge in [-0.05, 0) is 50.8 Å². The molecule has 0 saturated carbocycles. The normalized spacial score (nSPS) is 18.6. The molecule has 3 nitrogen and oxygen atoms in total. The summed E-state index contributed by atoms with van der Waals surface area (Å²) in [6.45, 7) is 7.14. The summed E-state index contributed by atoms with van der Waals surface area (Å²) in [5.41, 5.74) is 8.47. The molecule has 1 unspecified atom stereocenters. The molecular formula is C16H26N2O. The topological polar surface area (TPSA) is 38.5 Å². The summed E-state index contributed by atoms with van der Waals surface area (Å²) in [6, 6.07) is 9.07. The SMILES string of the molecule is CCOC1CCN(c2ccc(CC(C)N)cc2)CC1. The van der Waals surface area contributed by atoms with Crippen LogP contribution in [0, 0.1) is 0 Å². The highest BCUT2D eigenvalue weighted by atomic mass is 16.5. The molecule has 1 aliphatic rings. The second-order valence-electron chi connectivity index (χ2n) is 5.49.